The summed E-state index contributed by atoms with van der Waals surface area (Å²) in [5, 5.41) is 2.23. The van der Waals surface area contributed by atoms with E-state index in [1.54, 1.807) is 30.3 Å². The topological polar surface area (TPSA) is 46.2 Å². The first-order chi connectivity index (χ1) is 6.91. The summed E-state index contributed by atoms with van der Waals surface area (Å²) in [4.78, 5) is 21.8. The van der Waals surface area contributed by atoms with Gasteiger partial charge in [-0.25, -0.2) is 0 Å². The Morgan fingerprint density at radius 1 is 1.20 bits per heavy atom. The van der Waals surface area contributed by atoms with Gasteiger partial charge in [0.1, 0.15) is 4.87 Å². The molecule has 0 atom stereocenters. The van der Waals surface area contributed by atoms with E-state index >= 15 is 0 Å². The highest BCUT2D eigenvalue weighted by Crippen LogP contribution is 2.12. The smallest absolute Gasteiger partial charge is 0.257 e. The highest BCUT2D eigenvalue weighted by atomic mass is 35.5. The lowest BCUT2D eigenvalue weighted by Crippen LogP contribution is -2.41. The van der Waals surface area contributed by atoms with Crippen LogP contribution in [-0.4, -0.2) is 16.7 Å². The Bertz CT molecular complexity index is 368. The maximum atomic E-state index is 11.5. The molecule has 1 aromatic carbocycles. The van der Waals surface area contributed by atoms with Crippen LogP contribution in [0.1, 0.15) is 24.2 Å². The zero-order valence-electron chi connectivity index (χ0n) is 8.58. The van der Waals surface area contributed by atoms with E-state index in [-0.39, 0.29) is 0 Å². The van der Waals surface area contributed by atoms with Gasteiger partial charge in [0.05, 0.1) is 0 Å². The first-order valence-corrected chi connectivity index (χ1v) is 4.89. The number of rotatable bonds is 2. The van der Waals surface area contributed by atoms with Gasteiger partial charge in [-0.15, -0.1) is 11.6 Å². The molecule has 0 heterocycles. The summed E-state index contributed by atoms with van der Waals surface area (Å²) in [5.74, 6) is -0.938. The van der Waals surface area contributed by atoms with Crippen molar-refractivity contribution in [1.29, 1.82) is 0 Å². The number of benzene rings is 1. The van der Waals surface area contributed by atoms with E-state index in [0.717, 1.165) is 0 Å². The van der Waals surface area contributed by atoms with E-state index in [0.29, 0.717) is 5.56 Å². The molecule has 0 aliphatic carbocycles. The molecule has 0 aliphatic rings. The number of alkyl halides is 1. The highest BCUT2D eigenvalue weighted by Gasteiger charge is 2.26. The summed E-state index contributed by atoms with van der Waals surface area (Å²) in [5.41, 5.74) is 0.437. The molecule has 0 fully saturated rings. The summed E-state index contributed by atoms with van der Waals surface area (Å²) in [6.45, 7) is 3.06. The number of carbonyl (C=O) groups excluding carboxylic acids is 2. The fraction of sp³-hybridized carbons (Fsp3) is 0.273. The third kappa shape index (κ3) is 3.36. The summed E-state index contributed by atoms with van der Waals surface area (Å²) in [6.07, 6.45) is 0. The van der Waals surface area contributed by atoms with Gasteiger partial charge >= 0.3 is 0 Å². The number of hydrogen-bond donors (Lipinski definition) is 1. The monoisotopic (exact) mass is 225 g/mol. The van der Waals surface area contributed by atoms with Crippen molar-refractivity contribution in [2.45, 2.75) is 18.7 Å². The van der Waals surface area contributed by atoms with Crippen LogP contribution in [0, 0.1) is 0 Å². The largest absolute Gasteiger partial charge is 0.291 e. The molecule has 0 saturated heterocycles. The van der Waals surface area contributed by atoms with Crippen molar-refractivity contribution in [3.63, 3.8) is 0 Å². The number of amides is 2. The molecule has 80 valence electrons. The van der Waals surface area contributed by atoms with Crippen molar-refractivity contribution in [2.24, 2.45) is 0 Å². The van der Waals surface area contributed by atoms with E-state index in [1.807, 2.05) is 0 Å². The van der Waals surface area contributed by atoms with Crippen molar-refractivity contribution in [3.05, 3.63) is 35.9 Å². The Kier molecular flexibility index (Phi) is 3.48. The molecule has 1 N–H and O–H groups in total. The fourth-order valence-electron chi connectivity index (χ4n) is 0.913. The fourth-order valence-corrected chi connectivity index (χ4v) is 0.961. The number of hydrogen-bond acceptors (Lipinski definition) is 2. The molecular formula is C11H12ClNO2. The molecule has 0 aromatic heterocycles. The van der Waals surface area contributed by atoms with Crippen molar-refractivity contribution in [1.82, 2.24) is 5.32 Å². The van der Waals surface area contributed by atoms with Crippen molar-refractivity contribution in [3.8, 4) is 0 Å². The first kappa shape index (κ1) is 11.7. The third-order valence-corrected chi connectivity index (χ3v) is 1.97. The van der Waals surface area contributed by atoms with Crippen LogP contribution in [0.3, 0.4) is 0 Å². The van der Waals surface area contributed by atoms with Crippen molar-refractivity contribution in [2.75, 3.05) is 0 Å². The lowest BCUT2D eigenvalue weighted by atomic mass is 10.1. The molecule has 0 saturated carbocycles. The van der Waals surface area contributed by atoms with Crippen molar-refractivity contribution < 1.29 is 9.59 Å². The zero-order chi connectivity index (χ0) is 11.5. The molecule has 0 aliphatic heterocycles. The SMILES string of the molecule is CC(C)(Cl)C(=O)NC(=O)c1ccccc1. The minimum absolute atomic E-state index is 0.436. The molecule has 0 unspecified atom stereocenters. The van der Waals surface area contributed by atoms with Gasteiger partial charge in [0.15, 0.2) is 0 Å². The first-order valence-electron chi connectivity index (χ1n) is 4.51. The lowest BCUT2D eigenvalue weighted by molar-refractivity contribution is -0.121. The normalized spacial score (nSPS) is 10.9. The Morgan fingerprint density at radius 2 is 1.73 bits per heavy atom. The number of carbonyl (C=O) groups is 2. The van der Waals surface area contributed by atoms with Crippen LogP contribution in [0.5, 0.6) is 0 Å². The Morgan fingerprint density at radius 3 is 2.20 bits per heavy atom. The molecule has 2 amide bonds. The highest BCUT2D eigenvalue weighted by molar-refractivity contribution is 6.35. The maximum absolute atomic E-state index is 11.5. The van der Waals surface area contributed by atoms with Crippen LogP contribution in [0.2, 0.25) is 0 Å². The Hall–Kier alpha value is -1.35. The van der Waals surface area contributed by atoms with Crippen LogP contribution in [-0.2, 0) is 4.79 Å². The van der Waals surface area contributed by atoms with Crippen molar-refractivity contribution >= 4 is 23.4 Å². The van der Waals surface area contributed by atoms with Gasteiger partial charge in [0.2, 0.25) is 5.91 Å². The molecule has 15 heavy (non-hydrogen) atoms. The minimum Gasteiger partial charge on any atom is -0.291 e. The molecular weight excluding hydrogens is 214 g/mol. The van der Waals surface area contributed by atoms with Gasteiger partial charge in [-0.3, -0.25) is 14.9 Å². The summed E-state index contributed by atoms with van der Waals surface area (Å²) < 4.78 is 0. The average Bonchev–Trinajstić information content (AvgIpc) is 2.17. The van der Waals surface area contributed by atoms with Crippen LogP contribution in [0.25, 0.3) is 0 Å². The second kappa shape index (κ2) is 4.45. The van der Waals surface area contributed by atoms with E-state index < -0.39 is 16.7 Å². The predicted octanol–water partition coefficient (Wildman–Crippen LogP) is 1.96. The summed E-state index contributed by atoms with van der Waals surface area (Å²) in [7, 11) is 0. The van der Waals surface area contributed by atoms with E-state index in [2.05, 4.69) is 5.32 Å². The molecule has 0 radical (unpaired) electrons. The van der Waals surface area contributed by atoms with Crippen LogP contribution < -0.4 is 5.32 Å². The van der Waals surface area contributed by atoms with E-state index in [9.17, 15) is 9.59 Å². The summed E-state index contributed by atoms with van der Waals surface area (Å²) in [6, 6.07) is 8.51. The predicted molar refractivity (Wildman–Crippen MR) is 58.8 cm³/mol. The van der Waals surface area contributed by atoms with Gasteiger partial charge in [0.25, 0.3) is 5.91 Å². The standard InChI is InChI=1S/C11H12ClNO2/c1-11(2,12)10(15)13-9(14)8-6-4-3-5-7-8/h3-7H,1-2H3,(H,13,14,15). The molecule has 0 bridgehead atoms. The van der Waals surface area contributed by atoms with Crippen LogP contribution >= 0.6 is 11.6 Å². The van der Waals surface area contributed by atoms with Gasteiger partial charge in [0, 0.05) is 5.56 Å². The minimum atomic E-state index is -1.08. The van der Waals surface area contributed by atoms with Gasteiger partial charge in [-0.2, -0.15) is 0 Å². The molecule has 1 aromatic rings. The Balaban J connectivity index is 2.70. The van der Waals surface area contributed by atoms with E-state index in [1.165, 1.54) is 13.8 Å². The van der Waals surface area contributed by atoms with E-state index in [4.69, 9.17) is 11.6 Å². The molecule has 1 rings (SSSR count). The third-order valence-electron chi connectivity index (χ3n) is 1.80. The maximum Gasteiger partial charge on any atom is 0.257 e. The number of imide groups is 1. The second-order valence-electron chi connectivity index (χ2n) is 3.62. The quantitative estimate of drug-likeness (QED) is 0.783. The second-order valence-corrected chi connectivity index (χ2v) is 4.57. The average molecular weight is 226 g/mol. The molecule has 3 nitrogen and oxygen atoms in total. The molecule has 0 spiro atoms. The number of halogens is 1. The number of nitrogens with one attached hydrogen (secondary N) is 1. The van der Waals surface area contributed by atoms with Crippen LogP contribution in [0.4, 0.5) is 0 Å². The van der Waals surface area contributed by atoms with Gasteiger partial charge in [-0.05, 0) is 26.0 Å². The molecule has 4 heteroatoms. The summed E-state index contributed by atoms with van der Waals surface area (Å²) >= 11 is 5.75. The van der Waals surface area contributed by atoms with Crippen LogP contribution in [0.15, 0.2) is 30.3 Å². The van der Waals surface area contributed by atoms with Gasteiger partial charge < -0.3 is 0 Å². The van der Waals surface area contributed by atoms with Gasteiger partial charge in [-0.1, -0.05) is 18.2 Å². The zero-order valence-corrected chi connectivity index (χ0v) is 9.34. The Labute approximate surface area is 93.4 Å². The lowest BCUT2D eigenvalue weighted by Gasteiger charge is -2.14.